The van der Waals surface area contributed by atoms with Crippen molar-refractivity contribution in [2.45, 2.75) is 0 Å². The van der Waals surface area contributed by atoms with Crippen LogP contribution in [0, 0.1) is 0 Å². The molecule has 0 aromatic rings. The Labute approximate surface area is 57.8 Å². The van der Waals surface area contributed by atoms with Crippen LogP contribution in [0.4, 0.5) is 4.79 Å². The van der Waals surface area contributed by atoms with Gasteiger partial charge in [0, 0.05) is 0 Å². The molecule has 0 unspecified atom stereocenters. The van der Waals surface area contributed by atoms with Crippen LogP contribution >= 0.6 is 0 Å². The molecule has 0 radical (unpaired) electrons. The highest BCUT2D eigenvalue weighted by Crippen LogP contribution is 1.98. The normalized spacial score (nSPS) is 15.4. The molecule has 4 nitrogen and oxygen atoms in total. The predicted molar refractivity (Wildman–Crippen MR) is 34.3 cm³/mol. The van der Waals surface area contributed by atoms with E-state index in [0.29, 0.717) is 6.61 Å². The molecule has 1 amide bonds. The maximum Gasteiger partial charge on any atom is 0.411 e. The fourth-order valence-corrected chi connectivity index (χ4v) is 0.580. The summed E-state index contributed by atoms with van der Waals surface area (Å²) >= 11 is 0. The van der Waals surface area contributed by atoms with E-state index in [1.54, 1.807) is 18.2 Å². The highest BCUT2D eigenvalue weighted by atomic mass is 16.5. The van der Waals surface area contributed by atoms with Gasteiger partial charge in [0.2, 0.25) is 0 Å². The number of rotatable bonds is 1. The van der Waals surface area contributed by atoms with E-state index in [4.69, 9.17) is 9.84 Å². The van der Waals surface area contributed by atoms with Gasteiger partial charge in [0.05, 0.1) is 0 Å². The number of ether oxygens (including phenoxy) is 1. The van der Waals surface area contributed by atoms with Crippen LogP contribution in [-0.2, 0) is 4.74 Å². The van der Waals surface area contributed by atoms with E-state index in [0.717, 1.165) is 0 Å². The molecule has 0 saturated carbocycles. The van der Waals surface area contributed by atoms with Crippen molar-refractivity contribution in [2.75, 3.05) is 6.61 Å². The van der Waals surface area contributed by atoms with Crippen molar-refractivity contribution in [3.8, 4) is 0 Å². The Bertz CT molecular complexity index is 195. The summed E-state index contributed by atoms with van der Waals surface area (Å²) in [4.78, 5) is 10.0. The molecule has 2 N–H and O–H groups in total. The van der Waals surface area contributed by atoms with Crippen molar-refractivity contribution in [3.05, 3.63) is 24.1 Å². The van der Waals surface area contributed by atoms with Crippen LogP contribution in [0.2, 0.25) is 0 Å². The lowest BCUT2D eigenvalue weighted by Crippen LogP contribution is -2.22. The molecule has 0 aromatic carbocycles. The Hall–Kier alpha value is -1.45. The van der Waals surface area contributed by atoms with E-state index in [1.165, 1.54) is 0 Å². The van der Waals surface area contributed by atoms with Crippen molar-refractivity contribution in [3.63, 3.8) is 0 Å². The minimum atomic E-state index is -1.11. The van der Waals surface area contributed by atoms with Gasteiger partial charge in [-0.3, -0.25) is 5.32 Å². The van der Waals surface area contributed by atoms with Crippen molar-refractivity contribution >= 4 is 6.09 Å². The van der Waals surface area contributed by atoms with Gasteiger partial charge in [0.25, 0.3) is 0 Å². The van der Waals surface area contributed by atoms with Gasteiger partial charge in [-0.2, -0.15) is 0 Å². The molecule has 54 valence electrons. The number of hydrogen-bond acceptors (Lipinski definition) is 2. The maximum absolute atomic E-state index is 10.0. The minimum absolute atomic E-state index is 0.273. The molecule has 0 atom stereocenters. The second-order valence-electron chi connectivity index (χ2n) is 1.70. The molecule has 1 aliphatic rings. The van der Waals surface area contributed by atoms with Gasteiger partial charge in [-0.15, -0.1) is 0 Å². The van der Waals surface area contributed by atoms with Gasteiger partial charge in [-0.25, -0.2) is 4.79 Å². The van der Waals surface area contributed by atoms with Crippen LogP contribution < -0.4 is 5.32 Å². The highest BCUT2D eigenvalue weighted by Gasteiger charge is 2.02. The second-order valence-corrected chi connectivity index (χ2v) is 1.70. The predicted octanol–water partition coefficient (Wildman–Crippen LogP) is 0.682. The summed E-state index contributed by atoms with van der Waals surface area (Å²) in [5.41, 5.74) is 0. The summed E-state index contributed by atoms with van der Waals surface area (Å²) in [6, 6.07) is 0. The number of carboxylic acid groups (broad SMARTS) is 1. The summed E-state index contributed by atoms with van der Waals surface area (Å²) in [6.07, 6.45) is 3.96. The lowest BCUT2D eigenvalue weighted by Gasteiger charge is -2.09. The summed E-state index contributed by atoms with van der Waals surface area (Å²) in [5, 5.41) is 10.3. The van der Waals surface area contributed by atoms with Gasteiger partial charge < -0.3 is 9.84 Å². The molecule has 0 bridgehead atoms. The molecular formula is C6H7NO3. The largest absolute Gasteiger partial charge is 0.475 e. The Morgan fingerprint density at radius 3 is 3.10 bits per heavy atom. The van der Waals surface area contributed by atoms with Crippen LogP contribution in [-0.4, -0.2) is 17.8 Å². The zero-order valence-corrected chi connectivity index (χ0v) is 5.20. The molecule has 0 spiro atoms. The molecule has 0 aromatic heterocycles. The molecular weight excluding hydrogens is 134 g/mol. The van der Waals surface area contributed by atoms with Gasteiger partial charge in [0.1, 0.15) is 6.61 Å². The molecule has 1 aliphatic heterocycles. The number of hydrogen-bond donors (Lipinski definition) is 2. The molecule has 1 rings (SSSR count). The standard InChI is InChI=1S/C6H7NO3/c8-6(9)7-5-3-1-2-4-10-5/h1-3,7H,4H2,(H,8,9). The Morgan fingerprint density at radius 2 is 2.60 bits per heavy atom. The smallest absolute Gasteiger partial charge is 0.411 e. The molecule has 0 saturated heterocycles. The van der Waals surface area contributed by atoms with E-state index in [9.17, 15) is 4.79 Å². The second kappa shape index (κ2) is 2.91. The third-order valence-electron chi connectivity index (χ3n) is 0.949. The zero-order chi connectivity index (χ0) is 7.40. The zero-order valence-electron chi connectivity index (χ0n) is 5.20. The fourth-order valence-electron chi connectivity index (χ4n) is 0.580. The summed E-state index contributed by atoms with van der Waals surface area (Å²) in [5.74, 6) is 0.273. The molecule has 10 heavy (non-hydrogen) atoms. The lowest BCUT2D eigenvalue weighted by molar-refractivity contribution is 0.175. The number of amides is 1. The van der Waals surface area contributed by atoms with Gasteiger partial charge in [-0.1, -0.05) is 6.08 Å². The van der Waals surface area contributed by atoms with E-state index >= 15 is 0 Å². The summed E-state index contributed by atoms with van der Waals surface area (Å²) in [6.45, 7) is 0.423. The Morgan fingerprint density at radius 1 is 1.80 bits per heavy atom. The highest BCUT2D eigenvalue weighted by molar-refractivity contribution is 5.66. The molecule has 4 heteroatoms. The quantitative estimate of drug-likeness (QED) is 0.564. The van der Waals surface area contributed by atoms with E-state index in [1.807, 2.05) is 0 Å². The van der Waals surface area contributed by atoms with Gasteiger partial charge in [0.15, 0.2) is 5.88 Å². The summed E-state index contributed by atoms with van der Waals surface area (Å²) in [7, 11) is 0. The monoisotopic (exact) mass is 141 g/mol. The SMILES string of the molecule is O=C(O)NC1=CC=CCO1. The van der Waals surface area contributed by atoms with Gasteiger partial charge in [-0.05, 0) is 12.2 Å². The Kier molecular flexibility index (Phi) is 1.94. The van der Waals surface area contributed by atoms with Gasteiger partial charge >= 0.3 is 6.09 Å². The minimum Gasteiger partial charge on any atom is -0.475 e. The number of carbonyl (C=O) groups is 1. The topological polar surface area (TPSA) is 58.6 Å². The first-order valence-electron chi connectivity index (χ1n) is 2.78. The molecule has 0 aliphatic carbocycles. The van der Waals surface area contributed by atoms with Crippen LogP contribution in [0.3, 0.4) is 0 Å². The van der Waals surface area contributed by atoms with E-state index < -0.39 is 6.09 Å². The van der Waals surface area contributed by atoms with Crippen molar-refractivity contribution in [1.29, 1.82) is 0 Å². The van der Waals surface area contributed by atoms with Crippen LogP contribution in [0.25, 0.3) is 0 Å². The average Bonchev–Trinajstić information content (AvgIpc) is 1.88. The summed E-state index contributed by atoms with van der Waals surface area (Å²) < 4.78 is 4.87. The van der Waals surface area contributed by atoms with Crippen molar-refractivity contribution in [2.24, 2.45) is 0 Å². The Balaban J connectivity index is 2.47. The maximum atomic E-state index is 10.0. The third kappa shape index (κ3) is 1.81. The van der Waals surface area contributed by atoms with E-state index in [2.05, 4.69) is 5.32 Å². The van der Waals surface area contributed by atoms with Crippen molar-refractivity contribution in [1.82, 2.24) is 5.32 Å². The average molecular weight is 141 g/mol. The third-order valence-corrected chi connectivity index (χ3v) is 0.949. The fraction of sp³-hybridized carbons (Fsp3) is 0.167. The van der Waals surface area contributed by atoms with Crippen LogP contribution in [0.5, 0.6) is 0 Å². The van der Waals surface area contributed by atoms with E-state index in [-0.39, 0.29) is 5.88 Å². The first-order valence-corrected chi connectivity index (χ1v) is 2.78. The number of allylic oxidation sites excluding steroid dienone is 2. The van der Waals surface area contributed by atoms with Crippen LogP contribution in [0.15, 0.2) is 24.1 Å². The molecule has 0 fully saturated rings. The lowest BCUT2D eigenvalue weighted by atomic mass is 10.4. The van der Waals surface area contributed by atoms with Crippen LogP contribution in [0.1, 0.15) is 0 Å². The first-order chi connectivity index (χ1) is 4.79. The first kappa shape index (κ1) is 6.67. The van der Waals surface area contributed by atoms with Crippen molar-refractivity contribution < 1.29 is 14.6 Å². The molecule has 1 heterocycles. The number of nitrogens with one attached hydrogen (secondary N) is 1.